The van der Waals surface area contributed by atoms with Crippen LogP contribution in [-0.2, 0) is 0 Å². The lowest BCUT2D eigenvalue weighted by molar-refractivity contribution is 0.439. The zero-order valence-corrected chi connectivity index (χ0v) is 28.3. The summed E-state index contributed by atoms with van der Waals surface area (Å²) in [7, 11) is 0. The first-order chi connectivity index (χ1) is 19.8. The monoisotopic (exact) mass is 560 g/mol. The Kier molecular flexibility index (Phi) is 36.0. The molecular formula is C39H77N. The highest BCUT2D eigenvalue weighted by atomic mass is 14.8. The zero-order chi connectivity index (χ0) is 29.0. The Balaban J connectivity index is 3.21. The number of hydrogen-bond donors (Lipinski definition) is 1. The molecule has 40 heavy (non-hydrogen) atoms. The molecular weight excluding hydrogens is 482 g/mol. The van der Waals surface area contributed by atoms with E-state index in [-0.39, 0.29) is 0 Å². The minimum Gasteiger partial charge on any atom is -0.317 e. The third-order valence-corrected chi connectivity index (χ3v) is 8.64. The Labute approximate surface area is 255 Å². The van der Waals surface area contributed by atoms with E-state index in [1.165, 1.54) is 199 Å². The third-order valence-electron chi connectivity index (χ3n) is 8.64. The molecule has 1 unspecified atom stereocenters. The Morgan fingerprint density at radius 3 is 1.15 bits per heavy atom. The SMILES string of the molecule is CCCCCCCCC=CCCCCCCCCNCCC(C)CCCCCCCC=CCCCCCCCC. The van der Waals surface area contributed by atoms with Crippen LogP contribution in [0.5, 0.6) is 0 Å². The van der Waals surface area contributed by atoms with Crippen LogP contribution in [0.1, 0.15) is 207 Å². The van der Waals surface area contributed by atoms with Gasteiger partial charge in [0.1, 0.15) is 0 Å². The molecule has 0 amide bonds. The van der Waals surface area contributed by atoms with Gasteiger partial charge in [-0.2, -0.15) is 0 Å². The van der Waals surface area contributed by atoms with E-state index in [0.717, 1.165) is 5.92 Å². The molecule has 1 nitrogen and oxygen atoms in total. The molecule has 0 aromatic rings. The number of rotatable bonds is 34. The Hall–Kier alpha value is -0.560. The third kappa shape index (κ3) is 35.5. The molecule has 0 spiro atoms. The van der Waals surface area contributed by atoms with E-state index in [9.17, 15) is 0 Å². The lowest BCUT2D eigenvalue weighted by Crippen LogP contribution is -2.18. The summed E-state index contributed by atoms with van der Waals surface area (Å²) < 4.78 is 0. The van der Waals surface area contributed by atoms with E-state index in [1.807, 2.05) is 0 Å². The fraction of sp³-hybridized carbons (Fsp3) is 0.897. The van der Waals surface area contributed by atoms with Gasteiger partial charge in [-0.1, -0.05) is 167 Å². The van der Waals surface area contributed by atoms with Gasteiger partial charge in [0.25, 0.3) is 0 Å². The number of allylic oxidation sites excluding steroid dienone is 4. The summed E-state index contributed by atoms with van der Waals surface area (Å²) >= 11 is 0. The van der Waals surface area contributed by atoms with Crippen molar-refractivity contribution in [3.05, 3.63) is 24.3 Å². The molecule has 0 rings (SSSR count). The average Bonchev–Trinajstić information content (AvgIpc) is 2.96. The number of hydrogen-bond acceptors (Lipinski definition) is 1. The highest BCUT2D eigenvalue weighted by Gasteiger charge is 2.02. The molecule has 0 aliphatic rings. The van der Waals surface area contributed by atoms with Gasteiger partial charge in [-0.15, -0.1) is 0 Å². The van der Waals surface area contributed by atoms with Crippen molar-refractivity contribution in [1.82, 2.24) is 5.32 Å². The molecule has 1 N–H and O–H groups in total. The summed E-state index contributed by atoms with van der Waals surface area (Å²) in [4.78, 5) is 0. The lowest BCUT2D eigenvalue weighted by atomic mass is 9.99. The van der Waals surface area contributed by atoms with Crippen molar-refractivity contribution in [2.24, 2.45) is 5.92 Å². The Morgan fingerprint density at radius 1 is 0.375 bits per heavy atom. The second-order valence-corrected chi connectivity index (χ2v) is 13.0. The molecule has 1 heteroatoms. The van der Waals surface area contributed by atoms with Crippen LogP contribution in [0.3, 0.4) is 0 Å². The van der Waals surface area contributed by atoms with Crippen molar-refractivity contribution in [3.8, 4) is 0 Å². The van der Waals surface area contributed by atoms with Crippen LogP contribution in [0.15, 0.2) is 24.3 Å². The van der Waals surface area contributed by atoms with Gasteiger partial charge in [-0.05, 0) is 83.2 Å². The van der Waals surface area contributed by atoms with Crippen molar-refractivity contribution in [1.29, 1.82) is 0 Å². The molecule has 0 aliphatic heterocycles. The predicted octanol–water partition coefficient (Wildman–Crippen LogP) is 13.7. The first kappa shape index (κ1) is 39.4. The van der Waals surface area contributed by atoms with Gasteiger partial charge in [0.2, 0.25) is 0 Å². The average molecular weight is 560 g/mol. The van der Waals surface area contributed by atoms with Gasteiger partial charge in [0.15, 0.2) is 0 Å². The maximum Gasteiger partial charge on any atom is -0.00464 e. The largest absolute Gasteiger partial charge is 0.317 e. The van der Waals surface area contributed by atoms with E-state index in [2.05, 4.69) is 50.4 Å². The minimum absolute atomic E-state index is 0.886. The fourth-order valence-electron chi connectivity index (χ4n) is 5.68. The molecule has 0 aromatic heterocycles. The van der Waals surface area contributed by atoms with Crippen LogP contribution in [0.4, 0.5) is 0 Å². The topological polar surface area (TPSA) is 12.0 Å². The summed E-state index contributed by atoms with van der Waals surface area (Å²) in [5.41, 5.74) is 0. The number of unbranched alkanes of at least 4 members (excludes halogenated alkanes) is 23. The first-order valence-electron chi connectivity index (χ1n) is 18.8. The molecule has 0 radical (unpaired) electrons. The molecule has 0 heterocycles. The van der Waals surface area contributed by atoms with Gasteiger partial charge in [0, 0.05) is 0 Å². The van der Waals surface area contributed by atoms with Crippen LogP contribution in [0, 0.1) is 5.92 Å². The molecule has 0 aromatic carbocycles. The van der Waals surface area contributed by atoms with E-state index in [1.54, 1.807) is 0 Å². The molecule has 238 valence electrons. The van der Waals surface area contributed by atoms with Crippen LogP contribution >= 0.6 is 0 Å². The second-order valence-electron chi connectivity index (χ2n) is 13.0. The van der Waals surface area contributed by atoms with Crippen LogP contribution in [0.2, 0.25) is 0 Å². The number of nitrogens with one attached hydrogen (secondary N) is 1. The normalized spacial score (nSPS) is 12.8. The smallest absolute Gasteiger partial charge is 0.00464 e. The van der Waals surface area contributed by atoms with Gasteiger partial charge < -0.3 is 5.32 Å². The molecule has 0 saturated carbocycles. The van der Waals surface area contributed by atoms with Crippen molar-refractivity contribution in [2.45, 2.75) is 207 Å². The standard InChI is InChI=1S/C39H77N/c1-4-6-8-10-12-14-16-18-20-22-24-26-28-30-32-34-37-40-38-36-39(3)35-33-31-29-27-25-23-21-19-17-15-13-11-9-7-5-2/h18-21,39-40H,4-17,22-38H2,1-3H3. The second kappa shape index (κ2) is 36.5. The van der Waals surface area contributed by atoms with Crippen LogP contribution in [0.25, 0.3) is 0 Å². The zero-order valence-electron chi connectivity index (χ0n) is 28.3. The van der Waals surface area contributed by atoms with Gasteiger partial charge in [-0.25, -0.2) is 0 Å². The predicted molar refractivity (Wildman–Crippen MR) is 186 cm³/mol. The Morgan fingerprint density at radius 2 is 0.725 bits per heavy atom. The van der Waals surface area contributed by atoms with Crippen molar-refractivity contribution >= 4 is 0 Å². The molecule has 0 saturated heterocycles. The van der Waals surface area contributed by atoms with Gasteiger partial charge in [0.05, 0.1) is 0 Å². The molecule has 0 aliphatic carbocycles. The maximum absolute atomic E-state index is 3.70. The van der Waals surface area contributed by atoms with Gasteiger partial charge >= 0.3 is 0 Å². The van der Waals surface area contributed by atoms with Crippen LogP contribution in [-0.4, -0.2) is 13.1 Å². The summed E-state index contributed by atoms with van der Waals surface area (Å²) in [5, 5.41) is 3.70. The van der Waals surface area contributed by atoms with Crippen molar-refractivity contribution in [3.63, 3.8) is 0 Å². The van der Waals surface area contributed by atoms with Crippen LogP contribution < -0.4 is 5.32 Å². The maximum atomic E-state index is 3.70. The summed E-state index contributed by atoms with van der Waals surface area (Å²) in [5.74, 6) is 0.886. The first-order valence-corrected chi connectivity index (χ1v) is 18.8. The highest BCUT2D eigenvalue weighted by Crippen LogP contribution is 2.15. The van der Waals surface area contributed by atoms with E-state index in [0.29, 0.717) is 0 Å². The highest BCUT2D eigenvalue weighted by molar-refractivity contribution is 4.82. The minimum atomic E-state index is 0.886. The quantitative estimate of drug-likeness (QED) is 0.0610. The summed E-state index contributed by atoms with van der Waals surface area (Å²) in [6.45, 7) is 9.49. The summed E-state index contributed by atoms with van der Waals surface area (Å²) in [6.07, 6.45) is 50.3. The fourth-order valence-corrected chi connectivity index (χ4v) is 5.68. The summed E-state index contributed by atoms with van der Waals surface area (Å²) in [6, 6.07) is 0. The van der Waals surface area contributed by atoms with Gasteiger partial charge in [-0.3, -0.25) is 0 Å². The molecule has 1 atom stereocenters. The lowest BCUT2D eigenvalue weighted by Gasteiger charge is -2.12. The van der Waals surface area contributed by atoms with Crippen molar-refractivity contribution in [2.75, 3.05) is 13.1 Å². The molecule has 0 fully saturated rings. The molecule has 0 bridgehead atoms. The van der Waals surface area contributed by atoms with E-state index in [4.69, 9.17) is 0 Å². The van der Waals surface area contributed by atoms with Crippen molar-refractivity contribution < 1.29 is 0 Å². The van der Waals surface area contributed by atoms with E-state index >= 15 is 0 Å². The Bertz CT molecular complexity index is 493. The van der Waals surface area contributed by atoms with E-state index < -0.39 is 0 Å².